The lowest BCUT2D eigenvalue weighted by atomic mass is 10.1. The van der Waals surface area contributed by atoms with Gasteiger partial charge in [0.05, 0.1) is 13.7 Å². The Morgan fingerprint density at radius 1 is 1.15 bits per heavy atom. The molecule has 1 heterocycles. The first-order valence-electron chi connectivity index (χ1n) is 9.83. The van der Waals surface area contributed by atoms with Crippen LogP contribution in [0.25, 0.3) is 0 Å². The molecule has 0 atom stereocenters. The van der Waals surface area contributed by atoms with Crippen molar-refractivity contribution in [2.24, 2.45) is 5.92 Å². The van der Waals surface area contributed by atoms with Crippen LogP contribution in [0.3, 0.4) is 0 Å². The van der Waals surface area contributed by atoms with Crippen LogP contribution in [0, 0.1) is 5.92 Å². The molecule has 0 bridgehead atoms. The summed E-state index contributed by atoms with van der Waals surface area (Å²) in [6.45, 7) is 11.4. The summed E-state index contributed by atoms with van der Waals surface area (Å²) in [5, 5.41) is 0. The summed E-state index contributed by atoms with van der Waals surface area (Å²) in [5.74, 6) is 2.38. The zero-order valence-electron chi connectivity index (χ0n) is 16.8. The monoisotopic (exact) mass is 362 g/mol. The maximum Gasteiger partial charge on any atom is 0.222 e. The molecule has 0 radical (unpaired) electrons. The normalized spacial score (nSPS) is 15.3. The molecule has 2 rings (SSSR count). The van der Waals surface area contributed by atoms with E-state index >= 15 is 0 Å². The van der Waals surface area contributed by atoms with Gasteiger partial charge in [-0.2, -0.15) is 0 Å². The van der Waals surface area contributed by atoms with E-state index in [9.17, 15) is 4.79 Å². The largest absolute Gasteiger partial charge is 0.493 e. The third-order valence-corrected chi connectivity index (χ3v) is 4.68. The van der Waals surface area contributed by atoms with Crippen molar-refractivity contribution in [3.05, 3.63) is 23.8 Å². The van der Waals surface area contributed by atoms with E-state index in [0.29, 0.717) is 24.9 Å². The highest BCUT2D eigenvalue weighted by molar-refractivity contribution is 5.76. The van der Waals surface area contributed by atoms with Crippen LogP contribution in [0.1, 0.15) is 45.6 Å². The van der Waals surface area contributed by atoms with Crippen molar-refractivity contribution in [3.63, 3.8) is 0 Å². The Morgan fingerprint density at radius 3 is 2.50 bits per heavy atom. The molecule has 0 aromatic heterocycles. The fourth-order valence-corrected chi connectivity index (χ4v) is 3.09. The molecule has 0 spiro atoms. The topological polar surface area (TPSA) is 42.0 Å². The Hall–Kier alpha value is -1.75. The van der Waals surface area contributed by atoms with Gasteiger partial charge in [-0.1, -0.05) is 33.3 Å². The molecule has 5 nitrogen and oxygen atoms in total. The maximum atomic E-state index is 12.1. The Morgan fingerprint density at radius 2 is 1.88 bits per heavy atom. The van der Waals surface area contributed by atoms with Crippen molar-refractivity contribution in [2.45, 2.75) is 46.6 Å². The molecule has 1 aromatic carbocycles. The number of amides is 1. The number of rotatable bonds is 9. The highest BCUT2D eigenvalue weighted by Crippen LogP contribution is 2.29. The number of benzene rings is 1. The van der Waals surface area contributed by atoms with Gasteiger partial charge in [0.1, 0.15) is 0 Å². The molecule has 0 N–H and O–H groups in total. The Labute approximate surface area is 158 Å². The number of hydrogen-bond acceptors (Lipinski definition) is 4. The summed E-state index contributed by atoms with van der Waals surface area (Å²) in [6, 6.07) is 6.17. The summed E-state index contributed by atoms with van der Waals surface area (Å²) in [6.07, 6.45) is 2.75. The second-order valence-electron chi connectivity index (χ2n) is 7.45. The standard InChI is InChI=1S/C21H34N2O3/c1-5-6-7-21(24)23-12-10-22(11-13-23)15-18-8-9-19(20(14-18)25-4)26-16-17(2)3/h8-9,14,17H,5-7,10-13,15-16H2,1-4H3. The van der Waals surface area contributed by atoms with Gasteiger partial charge in [0.15, 0.2) is 11.5 Å². The predicted molar refractivity (Wildman–Crippen MR) is 105 cm³/mol. The predicted octanol–water partition coefficient (Wildman–Crippen LogP) is 3.56. The highest BCUT2D eigenvalue weighted by atomic mass is 16.5. The van der Waals surface area contributed by atoms with Crippen LogP contribution in [0.15, 0.2) is 18.2 Å². The molecule has 1 aliphatic rings. The molecule has 1 fully saturated rings. The average molecular weight is 363 g/mol. The summed E-state index contributed by atoms with van der Waals surface area (Å²) in [7, 11) is 1.68. The summed E-state index contributed by atoms with van der Waals surface area (Å²) >= 11 is 0. The van der Waals surface area contributed by atoms with Gasteiger partial charge in [-0.3, -0.25) is 9.69 Å². The number of unbranched alkanes of at least 4 members (excludes halogenated alkanes) is 1. The first-order valence-corrected chi connectivity index (χ1v) is 9.83. The average Bonchev–Trinajstić information content (AvgIpc) is 2.65. The lowest BCUT2D eigenvalue weighted by Crippen LogP contribution is -2.48. The van der Waals surface area contributed by atoms with E-state index in [2.05, 4.69) is 37.8 Å². The quantitative estimate of drug-likeness (QED) is 0.673. The molecule has 0 aliphatic carbocycles. The van der Waals surface area contributed by atoms with Crippen LogP contribution < -0.4 is 9.47 Å². The fourth-order valence-electron chi connectivity index (χ4n) is 3.09. The molecule has 26 heavy (non-hydrogen) atoms. The first-order chi connectivity index (χ1) is 12.5. The van der Waals surface area contributed by atoms with E-state index in [1.54, 1.807) is 7.11 Å². The van der Waals surface area contributed by atoms with Crippen molar-refractivity contribution in [2.75, 3.05) is 39.9 Å². The van der Waals surface area contributed by atoms with Crippen LogP contribution in [0.4, 0.5) is 0 Å². The van der Waals surface area contributed by atoms with E-state index in [1.807, 2.05) is 11.0 Å². The molecule has 1 aromatic rings. The summed E-state index contributed by atoms with van der Waals surface area (Å²) in [4.78, 5) is 16.5. The molecule has 5 heteroatoms. The number of carbonyl (C=O) groups is 1. The van der Waals surface area contributed by atoms with E-state index in [4.69, 9.17) is 9.47 Å². The van der Waals surface area contributed by atoms with E-state index in [1.165, 1.54) is 5.56 Å². The first kappa shape index (κ1) is 20.6. The molecule has 1 aliphatic heterocycles. The van der Waals surface area contributed by atoms with Crippen molar-refractivity contribution in [1.29, 1.82) is 0 Å². The molecule has 146 valence electrons. The third kappa shape index (κ3) is 6.20. The van der Waals surface area contributed by atoms with Gasteiger partial charge < -0.3 is 14.4 Å². The minimum absolute atomic E-state index is 0.305. The van der Waals surface area contributed by atoms with Crippen molar-refractivity contribution in [1.82, 2.24) is 9.80 Å². The van der Waals surface area contributed by atoms with Gasteiger partial charge in [-0.25, -0.2) is 0 Å². The van der Waals surface area contributed by atoms with Crippen LogP contribution >= 0.6 is 0 Å². The fraction of sp³-hybridized carbons (Fsp3) is 0.667. The van der Waals surface area contributed by atoms with Gasteiger partial charge in [-0.15, -0.1) is 0 Å². The van der Waals surface area contributed by atoms with Crippen molar-refractivity contribution < 1.29 is 14.3 Å². The number of hydrogen-bond donors (Lipinski definition) is 0. The second kappa shape index (κ2) is 10.4. The Kier molecular flexibility index (Phi) is 8.23. The SMILES string of the molecule is CCCCC(=O)N1CCN(Cc2ccc(OCC(C)C)c(OC)c2)CC1. The van der Waals surface area contributed by atoms with Crippen LogP contribution in [-0.4, -0.2) is 55.6 Å². The summed E-state index contributed by atoms with van der Waals surface area (Å²) < 4.78 is 11.3. The molecule has 1 saturated heterocycles. The second-order valence-corrected chi connectivity index (χ2v) is 7.45. The lowest BCUT2D eigenvalue weighted by molar-refractivity contribution is -0.133. The van der Waals surface area contributed by atoms with Crippen molar-refractivity contribution in [3.8, 4) is 11.5 Å². The van der Waals surface area contributed by atoms with E-state index in [-0.39, 0.29) is 0 Å². The van der Waals surface area contributed by atoms with Crippen LogP contribution in [0.5, 0.6) is 11.5 Å². The molecule has 0 unspecified atom stereocenters. The van der Waals surface area contributed by atoms with Gasteiger partial charge in [-0.05, 0) is 30.0 Å². The Balaban J connectivity index is 1.86. The highest BCUT2D eigenvalue weighted by Gasteiger charge is 2.21. The summed E-state index contributed by atoms with van der Waals surface area (Å²) in [5.41, 5.74) is 1.21. The Bertz CT molecular complexity index is 566. The van der Waals surface area contributed by atoms with Crippen LogP contribution in [-0.2, 0) is 11.3 Å². The van der Waals surface area contributed by atoms with Gasteiger partial charge in [0.25, 0.3) is 0 Å². The number of methoxy groups -OCH3 is 1. The van der Waals surface area contributed by atoms with Gasteiger partial charge >= 0.3 is 0 Å². The number of ether oxygens (including phenoxy) is 2. The molecular formula is C21H34N2O3. The molecular weight excluding hydrogens is 328 g/mol. The minimum atomic E-state index is 0.305. The van der Waals surface area contributed by atoms with Crippen LogP contribution in [0.2, 0.25) is 0 Å². The van der Waals surface area contributed by atoms with Crippen molar-refractivity contribution >= 4 is 5.91 Å². The van der Waals surface area contributed by atoms with E-state index in [0.717, 1.165) is 57.1 Å². The molecule has 1 amide bonds. The smallest absolute Gasteiger partial charge is 0.222 e. The van der Waals surface area contributed by atoms with Gasteiger partial charge in [0, 0.05) is 39.1 Å². The number of nitrogens with zero attached hydrogens (tertiary/aromatic N) is 2. The molecule has 0 saturated carbocycles. The zero-order valence-corrected chi connectivity index (χ0v) is 16.8. The maximum absolute atomic E-state index is 12.1. The van der Waals surface area contributed by atoms with E-state index < -0.39 is 0 Å². The lowest BCUT2D eigenvalue weighted by Gasteiger charge is -2.35. The minimum Gasteiger partial charge on any atom is -0.493 e. The van der Waals surface area contributed by atoms with Gasteiger partial charge in [0.2, 0.25) is 5.91 Å². The number of piperazine rings is 1. The third-order valence-electron chi connectivity index (χ3n) is 4.68. The number of carbonyl (C=O) groups excluding carboxylic acids is 1. The zero-order chi connectivity index (χ0) is 18.9.